The summed E-state index contributed by atoms with van der Waals surface area (Å²) in [6.45, 7) is 1.75. The molecule has 2 rings (SSSR count). The molecule has 1 aromatic heterocycles. The Bertz CT molecular complexity index is 650. The predicted molar refractivity (Wildman–Crippen MR) is 76.6 cm³/mol. The molecule has 21 heavy (non-hydrogen) atoms. The van der Waals surface area contributed by atoms with E-state index >= 15 is 0 Å². The lowest BCUT2D eigenvalue weighted by molar-refractivity contribution is -0.139. The van der Waals surface area contributed by atoms with Crippen LogP contribution in [-0.4, -0.2) is 24.3 Å². The average Bonchev–Trinajstić information content (AvgIpc) is 2.49. The first kappa shape index (κ1) is 14.7. The van der Waals surface area contributed by atoms with Crippen molar-refractivity contribution in [3.8, 4) is 11.6 Å². The number of carbonyl (C=O) groups is 2. The van der Waals surface area contributed by atoms with Gasteiger partial charge in [-0.05, 0) is 30.7 Å². The van der Waals surface area contributed by atoms with Crippen LogP contribution in [0.25, 0.3) is 0 Å². The summed E-state index contributed by atoms with van der Waals surface area (Å²) in [6.07, 6.45) is 0.982. The van der Waals surface area contributed by atoms with Gasteiger partial charge in [0.1, 0.15) is 5.75 Å². The zero-order valence-corrected chi connectivity index (χ0v) is 11.8. The third kappa shape index (κ3) is 3.89. The van der Waals surface area contributed by atoms with Crippen molar-refractivity contribution in [3.05, 3.63) is 53.2 Å². The molecule has 0 saturated carbocycles. The van der Waals surface area contributed by atoms with Gasteiger partial charge in [-0.3, -0.25) is 9.59 Å². The summed E-state index contributed by atoms with van der Waals surface area (Å²) >= 11 is 0. The number of hydrogen-bond acceptors (Lipinski definition) is 5. The molecule has 0 fully saturated rings. The SMILES string of the molecule is COC(=O)Cc1ccc(Oc2ccc(C=O)c(C)n2)cc1. The van der Waals surface area contributed by atoms with Crippen molar-refractivity contribution in [1.82, 2.24) is 4.98 Å². The summed E-state index contributed by atoms with van der Waals surface area (Å²) in [6, 6.07) is 10.4. The summed E-state index contributed by atoms with van der Waals surface area (Å²) in [5, 5.41) is 0. The number of nitrogens with zero attached hydrogens (tertiary/aromatic N) is 1. The molecule has 0 saturated heterocycles. The van der Waals surface area contributed by atoms with Crippen LogP contribution in [0.15, 0.2) is 36.4 Å². The highest BCUT2D eigenvalue weighted by molar-refractivity contribution is 5.76. The lowest BCUT2D eigenvalue weighted by atomic mass is 10.1. The molecule has 5 heteroatoms. The molecule has 0 aliphatic rings. The highest BCUT2D eigenvalue weighted by atomic mass is 16.5. The molecule has 0 spiro atoms. The third-order valence-electron chi connectivity index (χ3n) is 2.95. The Kier molecular flexibility index (Phi) is 4.66. The molecular formula is C16H15NO4. The highest BCUT2D eigenvalue weighted by Gasteiger charge is 2.05. The van der Waals surface area contributed by atoms with E-state index in [0.717, 1.165) is 11.8 Å². The summed E-state index contributed by atoms with van der Waals surface area (Å²) in [4.78, 5) is 26.1. The van der Waals surface area contributed by atoms with Gasteiger partial charge in [-0.15, -0.1) is 0 Å². The minimum Gasteiger partial charge on any atom is -0.469 e. The van der Waals surface area contributed by atoms with E-state index in [1.165, 1.54) is 7.11 Å². The van der Waals surface area contributed by atoms with Crippen molar-refractivity contribution in [2.24, 2.45) is 0 Å². The second kappa shape index (κ2) is 6.65. The molecule has 0 aliphatic carbocycles. The topological polar surface area (TPSA) is 65.5 Å². The van der Waals surface area contributed by atoms with Crippen LogP contribution < -0.4 is 4.74 Å². The Morgan fingerprint density at radius 2 is 1.90 bits per heavy atom. The highest BCUT2D eigenvalue weighted by Crippen LogP contribution is 2.21. The number of ether oxygens (including phenoxy) is 2. The van der Waals surface area contributed by atoms with Crippen LogP contribution in [0.5, 0.6) is 11.6 Å². The first-order valence-corrected chi connectivity index (χ1v) is 6.39. The van der Waals surface area contributed by atoms with Gasteiger partial charge in [-0.1, -0.05) is 12.1 Å². The van der Waals surface area contributed by atoms with Crippen molar-refractivity contribution in [2.45, 2.75) is 13.3 Å². The molecule has 0 bridgehead atoms. The first-order valence-electron chi connectivity index (χ1n) is 6.39. The van der Waals surface area contributed by atoms with Crippen molar-refractivity contribution in [3.63, 3.8) is 0 Å². The van der Waals surface area contributed by atoms with Gasteiger partial charge in [0.25, 0.3) is 0 Å². The van der Waals surface area contributed by atoms with E-state index in [9.17, 15) is 9.59 Å². The first-order chi connectivity index (χ1) is 10.1. The molecule has 0 unspecified atom stereocenters. The Labute approximate surface area is 122 Å². The lowest BCUT2D eigenvalue weighted by Gasteiger charge is -2.07. The van der Waals surface area contributed by atoms with Crippen LogP contribution in [0.4, 0.5) is 0 Å². The lowest BCUT2D eigenvalue weighted by Crippen LogP contribution is -2.04. The van der Waals surface area contributed by atoms with Crippen LogP contribution in [0.3, 0.4) is 0 Å². The molecule has 2 aromatic rings. The van der Waals surface area contributed by atoms with Crippen LogP contribution in [0, 0.1) is 6.92 Å². The number of aryl methyl sites for hydroxylation is 1. The van der Waals surface area contributed by atoms with E-state index in [0.29, 0.717) is 22.9 Å². The number of benzene rings is 1. The molecule has 0 radical (unpaired) electrons. The molecular weight excluding hydrogens is 270 g/mol. The Balaban J connectivity index is 2.08. The average molecular weight is 285 g/mol. The zero-order valence-electron chi connectivity index (χ0n) is 11.8. The van der Waals surface area contributed by atoms with Crippen molar-refractivity contribution in [2.75, 3.05) is 7.11 Å². The molecule has 0 amide bonds. The zero-order chi connectivity index (χ0) is 15.2. The predicted octanol–water partition coefficient (Wildman–Crippen LogP) is 2.71. The monoisotopic (exact) mass is 285 g/mol. The van der Waals surface area contributed by atoms with Crippen LogP contribution in [0.1, 0.15) is 21.6 Å². The molecule has 0 aliphatic heterocycles. The van der Waals surface area contributed by atoms with Gasteiger partial charge in [0, 0.05) is 11.6 Å². The fourth-order valence-corrected chi connectivity index (χ4v) is 1.77. The van der Waals surface area contributed by atoms with E-state index < -0.39 is 0 Å². The molecule has 0 atom stereocenters. The maximum atomic E-state index is 11.2. The summed E-state index contributed by atoms with van der Waals surface area (Å²) in [7, 11) is 1.36. The molecule has 108 valence electrons. The van der Waals surface area contributed by atoms with E-state index in [-0.39, 0.29) is 12.4 Å². The fraction of sp³-hybridized carbons (Fsp3) is 0.188. The third-order valence-corrected chi connectivity index (χ3v) is 2.95. The maximum Gasteiger partial charge on any atom is 0.309 e. The van der Waals surface area contributed by atoms with Gasteiger partial charge in [-0.25, -0.2) is 4.98 Å². The van der Waals surface area contributed by atoms with Crippen molar-refractivity contribution in [1.29, 1.82) is 0 Å². The number of hydrogen-bond donors (Lipinski definition) is 0. The molecule has 0 N–H and O–H groups in total. The van der Waals surface area contributed by atoms with Crippen molar-refractivity contribution >= 4 is 12.3 Å². The van der Waals surface area contributed by atoms with E-state index in [4.69, 9.17) is 4.74 Å². The minimum absolute atomic E-state index is 0.224. The van der Waals surface area contributed by atoms with E-state index in [2.05, 4.69) is 9.72 Å². The van der Waals surface area contributed by atoms with Crippen molar-refractivity contribution < 1.29 is 19.1 Å². The Morgan fingerprint density at radius 3 is 2.48 bits per heavy atom. The van der Waals surface area contributed by atoms with Gasteiger partial charge >= 0.3 is 5.97 Å². The number of rotatable bonds is 5. The number of aromatic nitrogens is 1. The fourth-order valence-electron chi connectivity index (χ4n) is 1.77. The van der Waals surface area contributed by atoms with Gasteiger partial charge in [0.2, 0.25) is 5.88 Å². The van der Waals surface area contributed by atoms with Gasteiger partial charge < -0.3 is 9.47 Å². The Morgan fingerprint density at radius 1 is 1.19 bits per heavy atom. The number of carbonyl (C=O) groups excluding carboxylic acids is 2. The molecule has 1 heterocycles. The molecule has 5 nitrogen and oxygen atoms in total. The van der Waals surface area contributed by atoms with Gasteiger partial charge in [0.05, 0.1) is 19.2 Å². The second-order valence-corrected chi connectivity index (χ2v) is 4.44. The largest absolute Gasteiger partial charge is 0.469 e. The van der Waals surface area contributed by atoms with E-state index in [1.54, 1.807) is 43.3 Å². The smallest absolute Gasteiger partial charge is 0.309 e. The van der Waals surface area contributed by atoms with E-state index in [1.807, 2.05) is 0 Å². The van der Waals surface area contributed by atoms with Crippen LogP contribution in [-0.2, 0) is 16.0 Å². The Hall–Kier alpha value is -2.69. The standard InChI is InChI=1S/C16H15NO4/c1-11-13(10-18)5-8-15(17-11)21-14-6-3-12(4-7-14)9-16(19)20-2/h3-8,10H,9H2,1-2H3. The van der Waals surface area contributed by atoms with Crippen LogP contribution in [0.2, 0.25) is 0 Å². The second-order valence-electron chi connectivity index (χ2n) is 4.44. The normalized spacial score (nSPS) is 10.0. The number of aldehydes is 1. The summed E-state index contributed by atoms with van der Waals surface area (Å²) in [5.74, 6) is 0.735. The maximum absolute atomic E-state index is 11.2. The number of methoxy groups -OCH3 is 1. The van der Waals surface area contributed by atoms with Crippen LogP contribution >= 0.6 is 0 Å². The summed E-state index contributed by atoms with van der Waals surface area (Å²) in [5.41, 5.74) is 2.00. The molecule has 1 aromatic carbocycles. The number of pyridine rings is 1. The summed E-state index contributed by atoms with van der Waals surface area (Å²) < 4.78 is 10.2. The minimum atomic E-state index is -0.287. The van der Waals surface area contributed by atoms with Gasteiger partial charge in [-0.2, -0.15) is 0 Å². The number of esters is 1. The quantitative estimate of drug-likeness (QED) is 0.624. The van der Waals surface area contributed by atoms with Gasteiger partial charge in [0.15, 0.2) is 6.29 Å².